The number of hydrogen-bond acceptors (Lipinski definition) is 5. The molecule has 5 nitrogen and oxygen atoms in total. The monoisotopic (exact) mass is 230 g/mol. The Morgan fingerprint density at radius 3 is 2.38 bits per heavy atom. The van der Waals surface area contributed by atoms with E-state index in [0.29, 0.717) is 6.54 Å². The van der Waals surface area contributed by atoms with E-state index < -0.39 is 18.3 Å². The maximum absolute atomic E-state index is 9.84. The molecular formula is C11H22N2O3. The lowest BCUT2D eigenvalue weighted by Gasteiger charge is -2.39. The largest absolute Gasteiger partial charge is 0.389 e. The Labute approximate surface area is 96.1 Å². The molecule has 4 N–H and O–H groups in total. The number of piperidine rings is 2. The van der Waals surface area contributed by atoms with Gasteiger partial charge in [-0.15, -0.1) is 0 Å². The van der Waals surface area contributed by atoms with Gasteiger partial charge in [-0.2, -0.15) is 0 Å². The molecule has 2 rings (SSSR count). The van der Waals surface area contributed by atoms with Crippen LogP contribution in [0.15, 0.2) is 0 Å². The van der Waals surface area contributed by atoms with Gasteiger partial charge in [0.1, 0.15) is 6.10 Å². The van der Waals surface area contributed by atoms with Crippen LogP contribution in [0.5, 0.6) is 0 Å². The Hall–Kier alpha value is -0.200. The Kier molecular flexibility index (Phi) is 4.16. The third-order valence-electron chi connectivity index (χ3n) is 3.65. The lowest BCUT2D eigenvalue weighted by molar-refractivity contribution is -0.0981. The molecular weight excluding hydrogens is 208 g/mol. The van der Waals surface area contributed by atoms with Crippen molar-refractivity contribution in [1.82, 2.24) is 10.2 Å². The molecule has 0 aromatic carbocycles. The molecule has 0 radical (unpaired) electrons. The second-order valence-corrected chi connectivity index (χ2v) is 4.92. The van der Waals surface area contributed by atoms with Gasteiger partial charge in [-0.1, -0.05) is 6.42 Å². The van der Waals surface area contributed by atoms with E-state index in [1.807, 2.05) is 0 Å². The summed E-state index contributed by atoms with van der Waals surface area (Å²) in [6.45, 7) is 3.26. The molecule has 0 bridgehead atoms. The zero-order chi connectivity index (χ0) is 11.5. The first kappa shape index (κ1) is 12.3. The number of β-amino-alcohol motifs (C(OH)–C–C–N with tert-alkyl or cyclic N) is 1. The fourth-order valence-electron chi connectivity index (χ4n) is 2.57. The van der Waals surface area contributed by atoms with Crippen molar-refractivity contribution >= 4 is 0 Å². The minimum Gasteiger partial charge on any atom is -0.389 e. The van der Waals surface area contributed by atoms with Crippen molar-refractivity contribution in [1.29, 1.82) is 0 Å². The van der Waals surface area contributed by atoms with Crippen LogP contribution in [-0.4, -0.2) is 70.8 Å². The van der Waals surface area contributed by atoms with Crippen molar-refractivity contribution in [3.8, 4) is 0 Å². The predicted octanol–water partition coefficient (Wildman–Crippen LogP) is -1.47. The maximum atomic E-state index is 9.84. The average molecular weight is 230 g/mol. The van der Waals surface area contributed by atoms with Crippen LogP contribution in [0, 0.1) is 0 Å². The fourth-order valence-corrected chi connectivity index (χ4v) is 2.57. The summed E-state index contributed by atoms with van der Waals surface area (Å²) in [5.41, 5.74) is 0. The van der Waals surface area contributed by atoms with E-state index in [0.717, 1.165) is 19.6 Å². The van der Waals surface area contributed by atoms with Gasteiger partial charge in [0.25, 0.3) is 0 Å². The molecule has 2 saturated heterocycles. The molecule has 0 aromatic heterocycles. The minimum atomic E-state index is -1.02. The van der Waals surface area contributed by atoms with Gasteiger partial charge in [-0.25, -0.2) is 0 Å². The molecule has 2 aliphatic rings. The van der Waals surface area contributed by atoms with Crippen molar-refractivity contribution < 1.29 is 15.3 Å². The Morgan fingerprint density at radius 1 is 1.00 bits per heavy atom. The third-order valence-corrected chi connectivity index (χ3v) is 3.65. The van der Waals surface area contributed by atoms with Gasteiger partial charge in [0, 0.05) is 19.1 Å². The van der Waals surface area contributed by atoms with E-state index >= 15 is 0 Å². The van der Waals surface area contributed by atoms with E-state index in [9.17, 15) is 15.3 Å². The molecule has 0 saturated carbocycles. The number of nitrogens with one attached hydrogen (secondary N) is 1. The van der Waals surface area contributed by atoms with E-state index in [-0.39, 0.29) is 6.04 Å². The smallest absolute Gasteiger partial charge is 0.109 e. The van der Waals surface area contributed by atoms with Gasteiger partial charge in [0.05, 0.1) is 12.2 Å². The molecule has 4 atom stereocenters. The average Bonchev–Trinajstić information content (AvgIpc) is 2.31. The first-order valence-electron chi connectivity index (χ1n) is 6.18. The van der Waals surface area contributed by atoms with Gasteiger partial charge in [-0.3, -0.25) is 0 Å². The normalized spacial score (nSPS) is 42.2. The number of hydrogen-bond donors (Lipinski definition) is 4. The van der Waals surface area contributed by atoms with Crippen LogP contribution in [0.25, 0.3) is 0 Å². The van der Waals surface area contributed by atoms with Crippen LogP contribution < -0.4 is 5.32 Å². The number of aliphatic hydroxyl groups excluding tert-OH is 3. The summed E-state index contributed by atoms with van der Waals surface area (Å²) in [6, 6.07) is -0.128. The van der Waals surface area contributed by atoms with Gasteiger partial charge in [0.2, 0.25) is 0 Å². The van der Waals surface area contributed by atoms with Crippen LogP contribution in [0.2, 0.25) is 0 Å². The zero-order valence-electron chi connectivity index (χ0n) is 9.55. The topological polar surface area (TPSA) is 76.0 Å². The van der Waals surface area contributed by atoms with E-state index in [4.69, 9.17) is 0 Å². The highest BCUT2D eigenvalue weighted by Gasteiger charge is 2.36. The number of nitrogens with zero attached hydrogens (tertiary/aromatic N) is 1. The number of likely N-dealkylation sites (tertiary alicyclic amines) is 1. The molecule has 2 heterocycles. The van der Waals surface area contributed by atoms with Gasteiger partial charge in [-0.05, 0) is 25.9 Å². The number of rotatable bonds is 2. The van der Waals surface area contributed by atoms with Crippen molar-refractivity contribution in [3.05, 3.63) is 0 Å². The Bertz CT molecular complexity index is 221. The molecule has 0 amide bonds. The van der Waals surface area contributed by atoms with Crippen molar-refractivity contribution in [2.24, 2.45) is 0 Å². The van der Waals surface area contributed by atoms with E-state index in [2.05, 4.69) is 10.2 Å². The zero-order valence-corrected chi connectivity index (χ0v) is 9.55. The summed E-state index contributed by atoms with van der Waals surface area (Å²) in [5.74, 6) is 0. The Morgan fingerprint density at radius 2 is 1.69 bits per heavy atom. The summed E-state index contributed by atoms with van der Waals surface area (Å²) in [6.07, 6.45) is 0.981. The summed E-state index contributed by atoms with van der Waals surface area (Å²) in [4.78, 5) is 2.31. The SMILES string of the molecule is O[C@@H]1[C@H](O)[C@@H](CN2CCCCC2)NC[C@H]1O. The van der Waals surface area contributed by atoms with Crippen molar-refractivity contribution in [3.63, 3.8) is 0 Å². The molecule has 16 heavy (non-hydrogen) atoms. The molecule has 0 unspecified atom stereocenters. The summed E-state index contributed by atoms with van der Waals surface area (Å²) in [5, 5.41) is 31.9. The summed E-state index contributed by atoms with van der Waals surface area (Å²) >= 11 is 0. The molecule has 5 heteroatoms. The van der Waals surface area contributed by atoms with E-state index in [1.165, 1.54) is 19.3 Å². The van der Waals surface area contributed by atoms with Gasteiger partial charge in [0.15, 0.2) is 0 Å². The maximum Gasteiger partial charge on any atom is 0.109 e. The second-order valence-electron chi connectivity index (χ2n) is 4.92. The minimum absolute atomic E-state index is 0.128. The highest BCUT2D eigenvalue weighted by atomic mass is 16.4. The summed E-state index contributed by atoms with van der Waals surface area (Å²) < 4.78 is 0. The number of aliphatic hydroxyl groups is 3. The molecule has 2 aliphatic heterocycles. The van der Waals surface area contributed by atoms with Gasteiger partial charge < -0.3 is 25.5 Å². The van der Waals surface area contributed by atoms with Crippen molar-refractivity contribution in [2.45, 2.75) is 43.6 Å². The molecule has 0 spiro atoms. The first-order valence-corrected chi connectivity index (χ1v) is 6.18. The van der Waals surface area contributed by atoms with E-state index in [1.54, 1.807) is 0 Å². The summed E-state index contributed by atoms with van der Waals surface area (Å²) in [7, 11) is 0. The lowest BCUT2D eigenvalue weighted by Crippen LogP contribution is -2.62. The standard InChI is InChI=1S/C11H22N2O3/c14-9-6-12-8(10(15)11(9)16)7-13-4-2-1-3-5-13/h8-12,14-16H,1-7H2/t8-,9-,10-,11+/m1/s1. The fraction of sp³-hybridized carbons (Fsp3) is 1.00. The highest BCUT2D eigenvalue weighted by Crippen LogP contribution is 2.14. The molecule has 0 aliphatic carbocycles. The second kappa shape index (κ2) is 5.42. The Balaban J connectivity index is 1.84. The molecule has 94 valence electrons. The molecule has 0 aromatic rings. The molecule has 2 fully saturated rings. The highest BCUT2D eigenvalue weighted by molar-refractivity contribution is 4.93. The quantitative estimate of drug-likeness (QED) is 0.466. The van der Waals surface area contributed by atoms with Crippen LogP contribution in [-0.2, 0) is 0 Å². The third kappa shape index (κ3) is 2.73. The van der Waals surface area contributed by atoms with Crippen LogP contribution in [0.1, 0.15) is 19.3 Å². The van der Waals surface area contributed by atoms with Crippen LogP contribution >= 0.6 is 0 Å². The van der Waals surface area contributed by atoms with Gasteiger partial charge >= 0.3 is 0 Å². The first-order chi connectivity index (χ1) is 7.68. The van der Waals surface area contributed by atoms with Crippen LogP contribution in [0.4, 0.5) is 0 Å². The predicted molar refractivity (Wildman–Crippen MR) is 60.1 cm³/mol. The van der Waals surface area contributed by atoms with Crippen LogP contribution in [0.3, 0.4) is 0 Å². The lowest BCUT2D eigenvalue weighted by atomic mass is 9.95. The van der Waals surface area contributed by atoms with Crippen molar-refractivity contribution in [2.75, 3.05) is 26.2 Å².